The summed E-state index contributed by atoms with van der Waals surface area (Å²) in [6.45, 7) is 10.5. The highest BCUT2D eigenvalue weighted by atomic mass is 127. The Morgan fingerprint density at radius 3 is 2.79 bits per heavy atom. The molecule has 0 bridgehead atoms. The second-order valence-corrected chi connectivity index (χ2v) is 8.22. The minimum atomic E-state index is 0. The SMILES string of the molecule is CN=C(NCCCCN1CCCCC1C)N1CCOC(c2ccccc2C)C1.I. The summed E-state index contributed by atoms with van der Waals surface area (Å²) in [6.07, 6.45) is 6.70. The van der Waals surface area contributed by atoms with Gasteiger partial charge in [0.15, 0.2) is 5.96 Å². The lowest BCUT2D eigenvalue weighted by molar-refractivity contribution is -0.00831. The zero-order valence-corrected chi connectivity index (χ0v) is 20.7. The van der Waals surface area contributed by atoms with E-state index in [4.69, 9.17) is 4.74 Å². The summed E-state index contributed by atoms with van der Waals surface area (Å²) in [5, 5.41) is 3.58. The number of benzene rings is 1. The number of aliphatic imine (C=N–C) groups is 1. The molecule has 2 atom stereocenters. The highest BCUT2D eigenvalue weighted by molar-refractivity contribution is 14.0. The number of likely N-dealkylation sites (tertiary alicyclic amines) is 1. The summed E-state index contributed by atoms with van der Waals surface area (Å²) in [5.41, 5.74) is 2.59. The van der Waals surface area contributed by atoms with E-state index in [0.717, 1.165) is 38.2 Å². The van der Waals surface area contributed by atoms with E-state index < -0.39 is 0 Å². The van der Waals surface area contributed by atoms with Crippen LogP contribution in [0.25, 0.3) is 0 Å². The molecule has 0 aromatic heterocycles. The third-order valence-corrected chi connectivity index (χ3v) is 6.21. The molecule has 2 heterocycles. The molecule has 0 aliphatic carbocycles. The maximum absolute atomic E-state index is 6.06. The number of morpholine rings is 1. The molecule has 1 aromatic carbocycles. The van der Waals surface area contributed by atoms with Crippen molar-refractivity contribution < 1.29 is 4.74 Å². The molecule has 3 rings (SSSR count). The van der Waals surface area contributed by atoms with Crippen molar-refractivity contribution in [1.29, 1.82) is 0 Å². The molecular weight excluding hydrogens is 475 g/mol. The van der Waals surface area contributed by atoms with E-state index in [9.17, 15) is 0 Å². The second-order valence-electron chi connectivity index (χ2n) is 8.22. The summed E-state index contributed by atoms with van der Waals surface area (Å²) in [6, 6.07) is 9.29. The number of halogens is 1. The fourth-order valence-electron chi connectivity index (χ4n) is 4.44. The molecule has 164 valence electrons. The quantitative estimate of drug-likeness (QED) is 0.267. The van der Waals surface area contributed by atoms with E-state index in [2.05, 4.69) is 58.2 Å². The van der Waals surface area contributed by atoms with Crippen molar-refractivity contribution >= 4 is 29.9 Å². The van der Waals surface area contributed by atoms with Gasteiger partial charge in [0.25, 0.3) is 0 Å². The van der Waals surface area contributed by atoms with E-state index in [1.807, 2.05) is 7.05 Å². The molecule has 2 aliphatic rings. The summed E-state index contributed by atoms with van der Waals surface area (Å²) in [7, 11) is 1.88. The van der Waals surface area contributed by atoms with Crippen molar-refractivity contribution in [3.8, 4) is 0 Å². The lowest BCUT2D eigenvalue weighted by atomic mass is 10.0. The highest BCUT2D eigenvalue weighted by Gasteiger charge is 2.25. The van der Waals surface area contributed by atoms with Crippen molar-refractivity contribution in [2.45, 2.75) is 58.1 Å². The van der Waals surface area contributed by atoms with E-state index in [1.54, 1.807) is 0 Å². The molecule has 5 nitrogen and oxygen atoms in total. The molecule has 0 saturated carbocycles. The van der Waals surface area contributed by atoms with Crippen molar-refractivity contribution in [2.24, 2.45) is 4.99 Å². The van der Waals surface area contributed by atoms with Crippen LogP contribution in [0, 0.1) is 6.92 Å². The van der Waals surface area contributed by atoms with Crippen LogP contribution in [-0.2, 0) is 4.74 Å². The number of aryl methyl sites for hydroxylation is 1. The van der Waals surface area contributed by atoms with Gasteiger partial charge in [-0.3, -0.25) is 4.99 Å². The van der Waals surface area contributed by atoms with Crippen LogP contribution in [0.2, 0.25) is 0 Å². The Bertz CT molecular complexity index is 639. The van der Waals surface area contributed by atoms with Gasteiger partial charge in [0.2, 0.25) is 0 Å². The van der Waals surface area contributed by atoms with Crippen molar-refractivity contribution in [3.05, 3.63) is 35.4 Å². The van der Waals surface area contributed by atoms with Gasteiger partial charge in [-0.05, 0) is 63.7 Å². The summed E-state index contributed by atoms with van der Waals surface area (Å²) < 4.78 is 6.06. The minimum Gasteiger partial charge on any atom is -0.370 e. The summed E-state index contributed by atoms with van der Waals surface area (Å²) >= 11 is 0. The van der Waals surface area contributed by atoms with Crippen LogP contribution in [0.4, 0.5) is 0 Å². The Morgan fingerprint density at radius 2 is 2.03 bits per heavy atom. The van der Waals surface area contributed by atoms with E-state index in [0.29, 0.717) is 0 Å². The fourth-order valence-corrected chi connectivity index (χ4v) is 4.44. The van der Waals surface area contributed by atoms with Crippen LogP contribution in [-0.4, -0.2) is 68.2 Å². The van der Waals surface area contributed by atoms with Gasteiger partial charge in [0.1, 0.15) is 6.10 Å². The lowest BCUT2D eigenvalue weighted by Crippen LogP contribution is -2.48. The van der Waals surface area contributed by atoms with Crippen LogP contribution in [0.3, 0.4) is 0 Å². The van der Waals surface area contributed by atoms with E-state index in [1.165, 1.54) is 56.3 Å². The third kappa shape index (κ3) is 7.10. The Balaban J connectivity index is 0.00000300. The standard InChI is InChI=1S/C23H38N4O.HI/c1-19-10-4-5-12-21(19)22-18-27(16-17-28-22)23(24-3)25-13-7-9-15-26-14-8-6-11-20(26)2;/h4-5,10,12,20,22H,6-9,11,13-18H2,1-3H3,(H,24,25);1H. The van der Waals surface area contributed by atoms with E-state index in [-0.39, 0.29) is 30.1 Å². The third-order valence-electron chi connectivity index (χ3n) is 6.21. The van der Waals surface area contributed by atoms with Gasteiger partial charge in [-0.15, -0.1) is 24.0 Å². The molecule has 29 heavy (non-hydrogen) atoms. The Labute approximate surface area is 194 Å². The van der Waals surface area contributed by atoms with Gasteiger partial charge >= 0.3 is 0 Å². The van der Waals surface area contributed by atoms with E-state index >= 15 is 0 Å². The highest BCUT2D eigenvalue weighted by Crippen LogP contribution is 2.25. The fraction of sp³-hybridized carbons (Fsp3) is 0.696. The molecule has 2 fully saturated rings. The number of nitrogens with one attached hydrogen (secondary N) is 1. The number of nitrogens with zero attached hydrogens (tertiary/aromatic N) is 3. The molecule has 6 heteroatoms. The maximum atomic E-state index is 6.06. The van der Waals surface area contributed by atoms with Crippen LogP contribution in [0.15, 0.2) is 29.3 Å². The Hall–Kier alpha value is -0.860. The molecule has 2 unspecified atom stereocenters. The van der Waals surface area contributed by atoms with Crippen molar-refractivity contribution in [2.75, 3.05) is 46.4 Å². The largest absolute Gasteiger partial charge is 0.370 e. The Morgan fingerprint density at radius 1 is 1.21 bits per heavy atom. The molecule has 1 N–H and O–H groups in total. The van der Waals surface area contributed by atoms with Gasteiger partial charge in [-0.2, -0.15) is 0 Å². The molecule has 2 saturated heterocycles. The predicted octanol–water partition coefficient (Wildman–Crippen LogP) is 4.22. The zero-order chi connectivity index (χ0) is 19.8. The Kier molecular flexibility index (Phi) is 10.7. The van der Waals surface area contributed by atoms with Gasteiger partial charge in [0.05, 0.1) is 13.2 Å². The number of hydrogen-bond acceptors (Lipinski definition) is 3. The average Bonchev–Trinajstić information content (AvgIpc) is 2.72. The first-order valence-electron chi connectivity index (χ1n) is 11.1. The molecule has 0 spiro atoms. The van der Waals surface area contributed by atoms with Crippen molar-refractivity contribution in [1.82, 2.24) is 15.1 Å². The number of piperidine rings is 1. The molecule has 0 amide bonds. The number of rotatable bonds is 6. The predicted molar refractivity (Wildman–Crippen MR) is 132 cm³/mol. The first-order valence-corrected chi connectivity index (χ1v) is 11.1. The number of hydrogen-bond donors (Lipinski definition) is 1. The maximum Gasteiger partial charge on any atom is 0.193 e. The number of ether oxygens (including phenoxy) is 1. The topological polar surface area (TPSA) is 40.1 Å². The summed E-state index contributed by atoms with van der Waals surface area (Å²) in [5.74, 6) is 1.01. The number of unbranched alkanes of at least 4 members (excludes halogenated alkanes) is 1. The van der Waals surface area contributed by atoms with Gasteiger partial charge in [-0.1, -0.05) is 30.7 Å². The molecule has 0 radical (unpaired) electrons. The summed E-state index contributed by atoms with van der Waals surface area (Å²) in [4.78, 5) is 9.53. The zero-order valence-electron chi connectivity index (χ0n) is 18.4. The average molecular weight is 514 g/mol. The minimum absolute atomic E-state index is 0. The normalized spacial score (nSPS) is 23.6. The van der Waals surface area contributed by atoms with Gasteiger partial charge in [-0.25, -0.2) is 0 Å². The number of guanidine groups is 1. The first kappa shape index (κ1) is 24.4. The van der Waals surface area contributed by atoms with Gasteiger partial charge in [0, 0.05) is 26.2 Å². The lowest BCUT2D eigenvalue weighted by Gasteiger charge is -2.36. The van der Waals surface area contributed by atoms with Gasteiger partial charge < -0.3 is 19.9 Å². The second kappa shape index (κ2) is 12.7. The molecule has 1 aromatic rings. The van der Waals surface area contributed by atoms with Crippen LogP contribution in [0.1, 0.15) is 56.3 Å². The smallest absolute Gasteiger partial charge is 0.193 e. The molecular formula is C23H39IN4O. The van der Waals surface area contributed by atoms with Crippen LogP contribution >= 0.6 is 24.0 Å². The first-order chi connectivity index (χ1) is 13.7. The van der Waals surface area contributed by atoms with Crippen molar-refractivity contribution in [3.63, 3.8) is 0 Å². The monoisotopic (exact) mass is 514 g/mol. The molecule has 2 aliphatic heterocycles. The van der Waals surface area contributed by atoms with Crippen LogP contribution < -0.4 is 5.32 Å². The van der Waals surface area contributed by atoms with Crippen LogP contribution in [0.5, 0.6) is 0 Å².